The summed E-state index contributed by atoms with van der Waals surface area (Å²) in [4.78, 5) is 38.9. The summed E-state index contributed by atoms with van der Waals surface area (Å²) in [6, 6.07) is 4.77. The van der Waals surface area contributed by atoms with Crippen molar-refractivity contribution in [2.75, 3.05) is 5.32 Å². The normalized spacial score (nSPS) is 10.3. The molecule has 0 spiro atoms. The van der Waals surface area contributed by atoms with Gasteiger partial charge in [0, 0.05) is 25.5 Å². The van der Waals surface area contributed by atoms with Crippen LogP contribution in [0.5, 0.6) is 0 Å². The summed E-state index contributed by atoms with van der Waals surface area (Å²) in [7, 11) is 1.36. The largest absolute Gasteiger partial charge is 0.331 e. The number of aryl methyl sites for hydroxylation is 1. The minimum absolute atomic E-state index is 0.178. The van der Waals surface area contributed by atoms with Crippen molar-refractivity contribution in [1.29, 1.82) is 0 Å². The number of carbonyl (C=O) groups excluding carboxylic acids is 1. The Balaban J connectivity index is 2.15. The summed E-state index contributed by atoms with van der Waals surface area (Å²) < 4.78 is 2.10. The van der Waals surface area contributed by atoms with Crippen molar-refractivity contribution in [3.63, 3.8) is 0 Å². The van der Waals surface area contributed by atoms with Gasteiger partial charge in [0.05, 0.1) is 0 Å². The molecule has 2 rings (SSSR count). The lowest BCUT2D eigenvalue weighted by molar-refractivity contribution is -0.116. The van der Waals surface area contributed by atoms with Crippen molar-refractivity contribution in [2.45, 2.75) is 13.5 Å². The molecular weight excluding hydrogens is 260 g/mol. The summed E-state index contributed by atoms with van der Waals surface area (Å²) in [5.74, 6) is 0.0386. The maximum Gasteiger partial charge on any atom is 0.331 e. The van der Waals surface area contributed by atoms with E-state index in [0.29, 0.717) is 5.82 Å². The fourth-order valence-corrected chi connectivity index (χ4v) is 1.68. The molecule has 2 aromatic rings. The first-order valence-electron chi connectivity index (χ1n) is 5.96. The number of hydrogen-bond acceptors (Lipinski definition) is 4. The van der Waals surface area contributed by atoms with Crippen LogP contribution in [0.3, 0.4) is 0 Å². The van der Waals surface area contributed by atoms with Crippen molar-refractivity contribution in [2.24, 2.45) is 7.05 Å². The van der Waals surface area contributed by atoms with E-state index in [1.807, 2.05) is 13.0 Å². The summed E-state index contributed by atoms with van der Waals surface area (Å²) in [5, 5.41) is 2.60. The molecule has 0 aliphatic heterocycles. The Hall–Kier alpha value is -2.70. The van der Waals surface area contributed by atoms with Crippen molar-refractivity contribution in [1.82, 2.24) is 14.1 Å². The number of pyridine rings is 1. The highest BCUT2D eigenvalue weighted by Crippen LogP contribution is 2.04. The van der Waals surface area contributed by atoms with Crippen LogP contribution in [0.15, 0.2) is 40.2 Å². The summed E-state index contributed by atoms with van der Waals surface area (Å²) in [6.45, 7) is 1.71. The Labute approximate surface area is 114 Å². The van der Waals surface area contributed by atoms with E-state index in [-0.39, 0.29) is 12.5 Å². The number of amides is 1. The minimum atomic E-state index is -0.537. The van der Waals surface area contributed by atoms with Crippen LogP contribution in [-0.2, 0) is 18.4 Å². The van der Waals surface area contributed by atoms with E-state index in [2.05, 4.69) is 10.3 Å². The third-order valence-corrected chi connectivity index (χ3v) is 2.76. The van der Waals surface area contributed by atoms with Gasteiger partial charge >= 0.3 is 5.69 Å². The van der Waals surface area contributed by atoms with Crippen LogP contribution in [0.4, 0.5) is 5.82 Å². The third kappa shape index (κ3) is 3.00. The first-order chi connectivity index (χ1) is 9.47. The second kappa shape index (κ2) is 5.52. The molecule has 0 saturated carbocycles. The Morgan fingerprint density at radius 2 is 2.10 bits per heavy atom. The number of aromatic nitrogens is 3. The standard InChI is InChI=1S/C13H14N4O3/c1-9-3-5-14-10(7-9)15-11(18)8-17-6-4-12(19)16(2)13(17)20/h3-7H,8H2,1-2H3,(H,14,15,18). The van der Waals surface area contributed by atoms with E-state index in [1.54, 1.807) is 12.3 Å². The van der Waals surface area contributed by atoms with Crippen LogP contribution < -0.4 is 16.6 Å². The first kappa shape index (κ1) is 13.7. The van der Waals surface area contributed by atoms with Gasteiger partial charge in [-0.05, 0) is 24.6 Å². The monoisotopic (exact) mass is 274 g/mol. The highest BCUT2D eigenvalue weighted by atomic mass is 16.2. The molecule has 0 bridgehead atoms. The maximum absolute atomic E-state index is 11.8. The third-order valence-electron chi connectivity index (χ3n) is 2.76. The number of anilines is 1. The predicted molar refractivity (Wildman–Crippen MR) is 73.5 cm³/mol. The van der Waals surface area contributed by atoms with Gasteiger partial charge in [-0.2, -0.15) is 0 Å². The van der Waals surface area contributed by atoms with Gasteiger partial charge in [0.2, 0.25) is 5.91 Å². The first-order valence-corrected chi connectivity index (χ1v) is 5.96. The summed E-state index contributed by atoms with van der Waals surface area (Å²) in [5.41, 5.74) is 0.0198. The number of nitrogens with one attached hydrogen (secondary N) is 1. The molecule has 104 valence electrons. The number of carbonyl (C=O) groups is 1. The molecule has 0 fully saturated rings. The van der Waals surface area contributed by atoms with E-state index in [4.69, 9.17) is 0 Å². The lowest BCUT2D eigenvalue weighted by Gasteiger charge is -2.08. The van der Waals surface area contributed by atoms with Crippen LogP contribution in [0.1, 0.15) is 5.56 Å². The molecule has 7 nitrogen and oxygen atoms in total. The van der Waals surface area contributed by atoms with Gasteiger partial charge < -0.3 is 5.32 Å². The van der Waals surface area contributed by atoms with Crippen LogP contribution in [0.2, 0.25) is 0 Å². The molecule has 2 heterocycles. The second-order valence-electron chi connectivity index (χ2n) is 4.39. The molecule has 7 heteroatoms. The van der Waals surface area contributed by atoms with Gasteiger partial charge in [0.25, 0.3) is 5.56 Å². The highest BCUT2D eigenvalue weighted by Gasteiger charge is 2.07. The van der Waals surface area contributed by atoms with E-state index in [9.17, 15) is 14.4 Å². The fourth-order valence-electron chi connectivity index (χ4n) is 1.68. The average molecular weight is 274 g/mol. The zero-order valence-electron chi connectivity index (χ0n) is 11.2. The average Bonchev–Trinajstić information content (AvgIpc) is 2.39. The summed E-state index contributed by atoms with van der Waals surface area (Å²) in [6.07, 6.45) is 2.89. The molecular formula is C13H14N4O3. The maximum atomic E-state index is 11.8. The molecule has 2 aromatic heterocycles. The highest BCUT2D eigenvalue weighted by molar-refractivity contribution is 5.89. The van der Waals surface area contributed by atoms with Crippen molar-refractivity contribution in [3.8, 4) is 0 Å². The molecule has 0 aromatic carbocycles. The molecule has 0 atom stereocenters. The van der Waals surface area contributed by atoms with Gasteiger partial charge in [0.15, 0.2) is 0 Å². The van der Waals surface area contributed by atoms with E-state index >= 15 is 0 Å². The Bertz CT molecular complexity index is 761. The lowest BCUT2D eigenvalue weighted by atomic mass is 10.3. The van der Waals surface area contributed by atoms with Crippen molar-refractivity contribution < 1.29 is 4.79 Å². The number of nitrogens with zero attached hydrogens (tertiary/aromatic N) is 3. The Morgan fingerprint density at radius 3 is 2.80 bits per heavy atom. The van der Waals surface area contributed by atoms with E-state index < -0.39 is 11.2 Å². The molecule has 20 heavy (non-hydrogen) atoms. The van der Waals surface area contributed by atoms with Gasteiger partial charge in [-0.1, -0.05) is 0 Å². The van der Waals surface area contributed by atoms with E-state index in [1.165, 1.54) is 19.3 Å². The molecule has 0 unspecified atom stereocenters. The Kier molecular flexibility index (Phi) is 3.79. The zero-order chi connectivity index (χ0) is 14.7. The fraction of sp³-hybridized carbons (Fsp3) is 0.231. The minimum Gasteiger partial charge on any atom is -0.309 e. The van der Waals surface area contributed by atoms with Gasteiger partial charge in [-0.15, -0.1) is 0 Å². The van der Waals surface area contributed by atoms with Crippen molar-refractivity contribution >= 4 is 11.7 Å². The predicted octanol–water partition coefficient (Wildman–Crippen LogP) is -0.111. The van der Waals surface area contributed by atoms with Crippen LogP contribution in [-0.4, -0.2) is 20.0 Å². The lowest BCUT2D eigenvalue weighted by Crippen LogP contribution is -2.39. The molecule has 0 aliphatic carbocycles. The van der Waals surface area contributed by atoms with E-state index in [0.717, 1.165) is 14.7 Å². The Morgan fingerprint density at radius 1 is 1.35 bits per heavy atom. The van der Waals surface area contributed by atoms with Crippen molar-refractivity contribution in [3.05, 3.63) is 57.0 Å². The van der Waals surface area contributed by atoms with Crippen LogP contribution >= 0.6 is 0 Å². The smallest absolute Gasteiger partial charge is 0.309 e. The molecule has 0 radical (unpaired) electrons. The van der Waals surface area contributed by atoms with Crippen LogP contribution in [0.25, 0.3) is 0 Å². The number of rotatable bonds is 3. The zero-order valence-corrected chi connectivity index (χ0v) is 11.2. The SMILES string of the molecule is Cc1ccnc(NC(=O)Cn2ccc(=O)n(C)c2=O)c1. The molecule has 0 aliphatic rings. The second-order valence-corrected chi connectivity index (χ2v) is 4.39. The van der Waals surface area contributed by atoms with Gasteiger partial charge in [-0.25, -0.2) is 9.78 Å². The quantitative estimate of drug-likeness (QED) is 0.846. The summed E-state index contributed by atoms with van der Waals surface area (Å²) >= 11 is 0. The van der Waals surface area contributed by atoms with Crippen LogP contribution in [0, 0.1) is 6.92 Å². The number of hydrogen-bond donors (Lipinski definition) is 1. The van der Waals surface area contributed by atoms with Gasteiger partial charge in [-0.3, -0.25) is 18.7 Å². The molecule has 1 amide bonds. The topological polar surface area (TPSA) is 86.0 Å². The molecule has 1 N–H and O–H groups in total. The van der Waals surface area contributed by atoms with Gasteiger partial charge in [0.1, 0.15) is 12.4 Å². The molecule has 0 saturated heterocycles.